The van der Waals surface area contributed by atoms with Crippen LogP contribution in [0.3, 0.4) is 0 Å². The first kappa shape index (κ1) is 14.2. The zero-order valence-corrected chi connectivity index (χ0v) is 11.6. The third-order valence-corrected chi connectivity index (χ3v) is 3.03. The maximum Gasteiger partial charge on any atom is 0.0525 e. The van der Waals surface area contributed by atoms with Crippen LogP contribution in [0.15, 0.2) is 12.3 Å². The van der Waals surface area contributed by atoms with Gasteiger partial charge in [-0.1, -0.05) is 6.92 Å². The minimum Gasteiger partial charge on any atom is -0.311 e. The molecule has 1 aromatic heterocycles. The Morgan fingerprint density at radius 3 is 2.88 bits per heavy atom. The Kier molecular flexibility index (Phi) is 6.22. The molecule has 0 radical (unpaired) electrons. The van der Waals surface area contributed by atoms with E-state index in [1.165, 1.54) is 12.1 Å². The van der Waals surface area contributed by atoms with Gasteiger partial charge < -0.3 is 10.2 Å². The first-order valence-corrected chi connectivity index (χ1v) is 6.53. The predicted molar refractivity (Wildman–Crippen MR) is 72.1 cm³/mol. The van der Waals surface area contributed by atoms with Gasteiger partial charge in [-0.15, -0.1) is 0 Å². The highest BCUT2D eigenvalue weighted by Gasteiger charge is 2.07. The van der Waals surface area contributed by atoms with Gasteiger partial charge in [-0.2, -0.15) is 5.10 Å². The van der Waals surface area contributed by atoms with E-state index in [9.17, 15) is 0 Å². The van der Waals surface area contributed by atoms with Crippen LogP contribution in [0.5, 0.6) is 0 Å². The van der Waals surface area contributed by atoms with E-state index in [1.54, 1.807) is 0 Å². The van der Waals surface area contributed by atoms with Crippen molar-refractivity contribution in [3.05, 3.63) is 18.0 Å². The van der Waals surface area contributed by atoms with E-state index in [0.717, 1.165) is 26.1 Å². The van der Waals surface area contributed by atoms with Crippen LogP contribution in [0.4, 0.5) is 0 Å². The van der Waals surface area contributed by atoms with Crippen molar-refractivity contribution in [2.24, 2.45) is 0 Å². The van der Waals surface area contributed by atoms with E-state index in [4.69, 9.17) is 0 Å². The van der Waals surface area contributed by atoms with Crippen molar-refractivity contribution in [1.29, 1.82) is 0 Å². The maximum absolute atomic E-state index is 4.38. The van der Waals surface area contributed by atoms with E-state index in [2.05, 4.69) is 54.0 Å². The number of nitrogens with one attached hydrogen (secondary N) is 1. The molecular weight excluding hydrogens is 212 g/mol. The van der Waals surface area contributed by atoms with E-state index in [1.807, 2.05) is 6.20 Å². The zero-order valence-electron chi connectivity index (χ0n) is 11.6. The van der Waals surface area contributed by atoms with Crippen LogP contribution < -0.4 is 5.32 Å². The molecule has 0 aliphatic carbocycles. The summed E-state index contributed by atoms with van der Waals surface area (Å²) >= 11 is 0. The molecule has 0 fully saturated rings. The van der Waals surface area contributed by atoms with Crippen LogP contribution in [0.25, 0.3) is 0 Å². The quantitative estimate of drug-likeness (QED) is 0.702. The Morgan fingerprint density at radius 1 is 1.47 bits per heavy atom. The summed E-state index contributed by atoms with van der Waals surface area (Å²) in [6, 6.07) is 2.59. The maximum atomic E-state index is 4.38. The summed E-state index contributed by atoms with van der Waals surface area (Å²) in [4.78, 5) is 2.21. The highest BCUT2D eigenvalue weighted by atomic mass is 15.3. The number of hydrogen-bond acceptors (Lipinski definition) is 3. The minimum absolute atomic E-state index is 0.489. The highest BCUT2D eigenvalue weighted by Crippen LogP contribution is 2.11. The molecule has 98 valence electrons. The molecule has 1 atom stereocenters. The zero-order chi connectivity index (χ0) is 12.7. The molecule has 0 amide bonds. The van der Waals surface area contributed by atoms with Crippen LogP contribution in [0, 0.1) is 0 Å². The van der Waals surface area contributed by atoms with Gasteiger partial charge in [-0.3, -0.25) is 4.68 Å². The molecule has 0 bridgehead atoms. The first-order valence-electron chi connectivity index (χ1n) is 6.53. The van der Waals surface area contributed by atoms with Gasteiger partial charge in [0.15, 0.2) is 0 Å². The average molecular weight is 238 g/mol. The molecule has 0 aliphatic heterocycles. The third kappa shape index (κ3) is 4.88. The summed E-state index contributed by atoms with van der Waals surface area (Å²) in [7, 11) is 4.22. The molecule has 0 spiro atoms. The van der Waals surface area contributed by atoms with Crippen molar-refractivity contribution in [2.45, 2.75) is 39.3 Å². The molecule has 1 aromatic rings. The van der Waals surface area contributed by atoms with E-state index in [-0.39, 0.29) is 0 Å². The van der Waals surface area contributed by atoms with Gasteiger partial charge in [-0.25, -0.2) is 0 Å². The van der Waals surface area contributed by atoms with Crippen molar-refractivity contribution >= 4 is 0 Å². The fourth-order valence-electron chi connectivity index (χ4n) is 1.79. The van der Waals surface area contributed by atoms with Gasteiger partial charge >= 0.3 is 0 Å². The standard InChI is InChI=1S/C13H26N4/c1-5-12(2)17-13(7-9-15-17)11-14-8-6-10-16(3)4/h7,9,12,14H,5-6,8,10-11H2,1-4H3/t12-/m0/s1. The lowest BCUT2D eigenvalue weighted by atomic mass is 10.2. The van der Waals surface area contributed by atoms with E-state index < -0.39 is 0 Å². The smallest absolute Gasteiger partial charge is 0.0525 e. The molecule has 0 aromatic carbocycles. The van der Waals surface area contributed by atoms with E-state index in [0.29, 0.717) is 6.04 Å². The van der Waals surface area contributed by atoms with Crippen LogP contribution in [0.1, 0.15) is 38.4 Å². The van der Waals surface area contributed by atoms with Crippen molar-refractivity contribution < 1.29 is 0 Å². The summed E-state index contributed by atoms with van der Waals surface area (Å²) in [5.74, 6) is 0. The number of nitrogens with zero attached hydrogens (tertiary/aromatic N) is 3. The normalized spacial score (nSPS) is 13.2. The SMILES string of the molecule is CC[C@H](C)n1nccc1CNCCCN(C)C. The molecule has 4 heteroatoms. The average Bonchev–Trinajstić information content (AvgIpc) is 2.75. The van der Waals surface area contributed by atoms with Gasteiger partial charge in [0.05, 0.1) is 5.69 Å². The largest absolute Gasteiger partial charge is 0.311 e. The van der Waals surface area contributed by atoms with Crippen LogP contribution >= 0.6 is 0 Å². The van der Waals surface area contributed by atoms with Crippen molar-refractivity contribution in [3.63, 3.8) is 0 Å². The Balaban J connectivity index is 2.29. The Labute approximate surface area is 105 Å². The van der Waals surface area contributed by atoms with Crippen LogP contribution in [-0.4, -0.2) is 41.9 Å². The lowest BCUT2D eigenvalue weighted by molar-refractivity contribution is 0.391. The van der Waals surface area contributed by atoms with Gasteiger partial charge in [0.1, 0.15) is 0 Å². The number of aromatic nitrogens is 2. The van der Waals surface area contributed by atoms with Crippen molar-refractivity contribution in [2.75, 3.05) is 27.2 Å². The van der Waals surface area contributed by atoms with Gasteiger partial charge in [0.2, 0.25) is 0 Å². The Morgan fingerprint density at radius 2 is 2.24 bits per heavy atom. The van der Waals surface area contributed by atoms with Crippen LogP contribution in [-0.2, 0) is 6.54 Å². The topological polar surface area (TPSA) is 33.1 Å². The predicted octanol–water partition coefficient (Wildman–Crippen LogP) is 1.90. The molecule has 0 saturated heterocycles. The number of rotatable bonds is 8. The molecule has 1 N–H and O–H groups in total. The van der Waals surface area contributed by atoms with Gasteiger partial charge in [0.25, 0.3) is 0 Å². The van der Waals surface area contributed by atoms with Gasteiger partial charge in [-0.05, 0) is 53.0 Å². The second kappa shape index (κ2) is 7.45. The minimum atomic E-state index is 0.489. The second-order valence-corrected chi connectivity index (χ2v) is 4.86. The lowest BCUT2D eigenvalue weighted by Gasteiger charge is -2.14. The Hall–Kier alpha value is -0.870. The van der Waals surface area contributed by atoms with Gasteiger partial charge in [0, 0.05) is 18.8 Å². The van der Waals surface area contributed by atoms with E-state index >= 15 is 0 Å². The molecule has 17 heavy (non-hydrogen) atoms. The fourth-order valence-corrected chi connectivity index (χ4v) is 1.79. The summed E-state index contributed by atoms with van der Waals surface area (Å²) in [5.41, 5.74) is 1.28. The Bertz CT molecular complexity index is 306. The molecule has 1 heterocycles. The third-order valence-electron chi connectivity index (χ3n) is 3.03. The molecule has 0 unspecified atom stereocenters. The molecule has 4 nitrogen and oxygen atoms in total. The monoisotopic (exact) mass is 238 g/mol. The van der Waals surface area contributed by atoms with Crippen LogP contribution in [0.2, 0.25) is 0 Å². The number of hydrogen-bond donors (Lipinski definition) is 1. The first-order chi connectivity index (χ1) is 8.15. The molecule has 0 saturated carbocycles. The summed E-state index contributed by atoms with van der Waals surface area (Å²) in [6.45, 7) is 7.52. The summed E-state index contributed by atoms with van der Waals surface area (Å²) in [5, 5.41) is 7.86. The van der Waals surface area contributed by atoms with Crippen molar-refractivity contribution in [1.82, 2.24) is 20.0 Å². The summed E-state index contributed by atoms with van der Waals surface area (Å²) < 4.78 is 2.12. The lowest BCUT2D eigenvalue weighted by Crippen LogP contribution is -2.22. The molecule has 0 aliphatic rings. The molecular formula is C13H26N4. The molecule has 1 rings (SSSR count). The summed E-state index contributed by atoms with van der Waals surface area (Å²) in [6.07, 6.45) is 4.20. The van der Waals surface area contributed by atoms with Crippen molar-refractivity contribution in [3.8, 4) is 0 Å². The fraction of sp³-hybridized carbons (Fsp3) is 0.769. The highest BCUT2D eigenvalue weighted by molar-refractivity contribution is 5.01. The second-order valence-electron chi connectivity index (χ2n) is 4.86.